The van der Waals surface area contributed by atoms with Crippen molar-refractivity contribution in [1.29, 1.82) is 0 Å². The fraction of sp³-hybridized carbons (Fsp3) is 0.711. The zero-order valence-electron chi connectivity index (χ0n) is 64.0. The van der Waals surface area contributed by atoms with Crippen LogP contribution in [0.1, 0.15) is 323 Å². The Bertz CT molecular complexity index is 2410. The van der Waals surface area contributed by atoms with Crippen molar-refractivity contribution in [2.24, 2.45) is 0 Å². The van der Waals surface area contributed by atoms with Gasteiger partial charge in [-0.05, 0) is 103 Å². The van der Waals surface area contributed by atoms with E-state index in [0.29, 0.717) is 32.1 Å². The Morgan fingerprint density at radius 2 is 0.529 bits per heavy atom. The predicted octanol–water partition coefficient (Wildman–Crippen LogP) is 23.1. The summed E-state index contributed by atoms with van der Waals surface area (Å²) in [5.74, 6) is -2.27. The number of unbranched alkanes of at least 4 members (excludes halogenated alkanes) is 28. The Labute approximate surface area is 619 Å². The molecule has 0 fully saturated rings. The molecule has 0 aliphatic carbocycles. The summed E-state index contributed by atoms with van der Waals surface area (Å²) in [7, 11) is -9.97. The van der Waals surface area contributed by atoms with Crippen LogP contribution < -0.4 is 0 Å². The maximum absolute atomic E-state index is 13.1. The molecule has 0 aromatic heterocycles. The van der Waals surface area contributed by atoms with Crippen LogP contribution in [0.15, 0.2) is 122 Å². The molecular weight excluding hydrogens is 1330 g/mol. The van der Waals surface area contributed by atoms with Crippen molar-refractivity contribution in [1.82, 2.24) is 0 Å². The van der Waals surface area contributed by atoms with Crippen LogP contribution in [0, 0.1) is 0 Å². The zero-order valence-corrected chi connectivity index (χ0v) is 65.8. The van der Waals surface area contributed by atoms with Gasteiger partial charge in [0.15, 0.2) is 12.2 Å². The van der Waals surface area contributed by atoms with Gasteiger partial charge in [-0.2, -0.15) is 0 Å². The lowest BCUT2D eigenvalue weighted by molar-refractivity contribution is -0.161. The number of aliphatic hydroxyl groups excluding tert-OH is 1. The Morgan fingerprint density at radius 3 is 0.843 bits per heavy atom. The molecule has 5 atom stereocenters. The summed E-state index contributed by atoms with van der Waals surface area (Å²) in [4.78, 5) is 72.9. The second-order valence-electron chi connectivity index (χ2n) is 26.3. The lowest BCUT2D eigenvalue weighted by atomic mass is 10.0. The number of carbonyl (C=O) groups is 4. The van der Waals surface area contributed by atoms with E-state index in [4.69, 9.17) is 37.0 Å². The monoisotopic (exact) mass is 1470 g/mol. The summed E-state index contributed by atoms with van der Waals surface area (Å²) in [6, 6.07) is 0. The van der Waals surface area contributed by atoms with Crippen LogP contribution >= 0.6 is 15.6 Å². The second kappa shape index (κ2) is 74.7. The molecule has 0 spiro atoms. The summed E-state index contributed by atoms with van der Waals surface area (Å²) in [5, 5.41) is 10.6. The molecular formula is C83H142O17P2. The third-order valence-corrected chi connectivity index (χ3v) is 18.4. The Kier molecular flexibility index (Phi) is 71.4. The van der Waals surface area contributed by atoms with Gasteiger partial charge in [-0.3, -0.25) is 37.3 Å². The fourth-order valence-corrected chi connectivity index (χ4v) is 12.1. The molecule has 0 aliphatic rings. The van der Waals surface area contributed by atoms with E-state index in [-0.39, 0.29) is 25.7 Å². The molecule has 5 unspecified atom stereocenters. The smallest absolute Gasteiger partial charge is 0.462 e. The Balaban J connectivity index is 5.36. The van der Waals surface area contributed by atoms with Crippen molar-refractivity contribution in [3.05, 3.63) is 122 Å². The minimum atomic E-state index is -4.99. The van der Waals surface area contributed by atoms with Gasteiger partial charge >= 0.3 is 39.5 Å². The summed E-state index contributed by atoms with van der Waals surface area (Å²) in [6.07, 6.45) is 82.0. The average molecular weight is 1470 g/mol. The molecule has 0 aromatic carbocycles. The van der Waals surface area contributed by atoms with E-state index in [0.717, 1.165) is 148 Å². The fourth-order valence-electron chi connectivity index (χ4n) is 10.5. The van der Waals surface area contributed by atoms with Crippen LogP contribution in [-0.4, -0.2) is 96.7 Å². The number of carbonyl (C=O) groups excluding carboxylic acids is 4. The molecule has 0 bridgehead atoms. The highest BCUT2D eigenvalue weighted by Crippen LogP contribution is 2.45. The van der Waals surface area contributed by atoms with Crippen molar-refractivity contribution in [3.8, 4) is 0 Å². The van der Waals surface area contributed by atoms with Gasteiger partial charge in [-0.25, -0.2) is 9.13 Å². The Morgan fingerprint density at radius 1 is 0.284 bits per heavy atom. The van der Waals surface area contributed by atoms with E-state index in [2.05, 4.69) is 131 Å². The number of ether oxygens (including phenoxy) is 4. The maximum Gasteiger partial charge on any atom is 0.472 e. The molecule has 0 aromatic rings. The third-order valence-electron chi connectivity index (χ3n) is 16.5. The number of hydrogen-bond donors (Lipinski definition) is 3. The minimum absolute atomic E-state index is 0.0366. The number of hydrogen-bond acceptors (Lipinski definition) is 15. The highest BCUT2D eigenvalue weighted by molar-refractivity contribution is 7.47. The molecule has 0 radical (unpaired) electrons. The van der Waals surface area contributed by atoms with Crippen LogP contribution in [0.3, 0.4) is 0 Å². The first-order valence-electron chi connectivity index (χ1n) is 39.8. The van der Waals surface area contributed by atoms with Gasteiger partial charge in [-0.15, -0.1) is 0 Å². The van der Waals surface area contributed by atoms with Gasteiger partial charge in [0.25, 0.3) is 0 Å². The van der Waals surface area contributed by atoms with Crippen molar-refractivity contribution in [2.45, 2.75) is 341 Å². The van der Waals surface area contributed by atoms with E-state index in [9.17, 15) is 43.2 Å². The largest absolute Gasteiger partial charge is 0.472 e. The quantitative estimate of drug-likeness (QED) is 0.0169. The number of phosphoric acid groups is 2. The number of rotatable bonds is 74. The first-order valence-corrected chi connectivity index (χ1v) is 42.8. The van der Waals surface area contributed by atoms with Gasteiger partial charge in [0, 0.05) is 25.7 Å². The molecule has 19 heteroatoms. The van der Waals surface area contributed by atoms with Crippen molar-refractivity contribution < 1.29 is 80.2 Å². The van der Waals surface area contributed by atoms with Crippen LogP contribution in [0.5, 0.6) is 0 Å². The lowest BCUT2D eigenvalue weighted by Crippen LogP contribution is -2.30. The van der Waals surface area contributed by atoms with E-state index in [1.54, 1.807) is 0 Å². The Hall–Kier alpha value is -4.54. The molecule has 3 N–H and O–H groups in total. The van der Waals surface area contributed by atoms with Crippen molar-refractivity contribution >= 4 is 39.5 Å². The third kappa shape index (κ3) is 73.8. The lowest BCUT2D eigenvalue weighted by Gasteiger charge is -2.21. The van der Waals surface area contributed by atoms with Crippen LogP contribution in [0.25, 0.3) is 0 Å². The zero-order chi connectivity index (χ0) is 74.6. The summed E-state index contributed by atoms with van der Waals surface area (Å²) < 4.78 is 68.5. The van der Waals surface area contributed by atoms with Gasteiger partial charge < -0.3 is 33.8 Å². The molecule has 17 nitrogen and oxygen atoms in total. The van der Waals surface area contributed by atoms with Crippen LogP contribution in [-0.2, 0) is 65.4 Å². The van der Waals surface area contributed by atoms with Gasteiger partial charge in [-0.1, -0.05) is 316 Å². The summed E-state index contributed by atoms with van der Waals surface area (Å²) >= 11 is 0. The van der Waals surface area contributed by atoms with Crippen molar-refractivity contribution in [2.75, 3.05) is 39.6 Å². The highest BCUT2D eigenvalue weighted by Gasteiger charge is 2.30. The number of aliphatic hydroxyl groups is 1. The van der Waals surface area contributed by atoms with E-state index in [1.165, 1.54) is 89.9 Å². The highest BCUT2D eigenvalue weighted by atomic mass is 31.2. The summed E-state index contributed by atoms with van der Waals surface area (Å²) in [6.45, 7) is 4.56. The number of allylic oxidation sites excluding steroid dienone is 20. The standard InChI is InChI=1S/C83H142O17P2/c1-5-9-13-17-21-25-29-32-34-36-38-40-42-45-48-51-55-59-63-67-80(85)93-73-78(99-82(87)69-65-61-57-53-47-28-24-20-16-12-8-4)75-97-101(89,90)95-71-77(84)72-96-102(91,92)98-76-79(100-83(88)70-66-62-58-54-50-44-31-27-23-19-15-11-7-3)74-94-81(86)68-64-60-56-52-49-46-43-41-39-37-35-33-30-26-22-18-14-10-6-2/h9-10,13-14,21-22,25-26,32-35,38-41,45,48,55,59,77-79,84H,5-8,11-12,15-20,23-24,27-31,36-37,42-44,46-47,49-54,56-58,60-76H2,1-4H3,(H,89,90)(H,91,92)/b13-9-,14-10-,25-21-,26-22-,34-32-,35-33-,40-38-,41-39-,48-45-,59-55-. The number of phosphoric ester groups is 2. The van der Waals surface area contributed by atoms with Gasteiger partial charge in [0.2, 0.25) is 0 Å². The van der Waals surface area contributed by atoms with E-state index in [1.807, 2.05) is 18.2 Å². The topological polar surface area (TPSA) is 237 Å². The van der Waals surface area contributed by atoms with Gasteiger partial charge in [0.1, 0.15) is 19.3 Å². The molecule has 586 valence electrons. The first kappa shape index (κ1) is 97.5. The molecule has 0 heterocycles. The molecule has 0 aliphatic heterocycles. The molecule has 0 rings (SSSR count). The number of esters is 4. The first-order chi connectivity index (χ1) is 49.7. The van der Waals surface area contributed by atoms with Crippen molar-refractivity contribution in [3.63, 3.8) is 0 Å². The SMILES string of the molecule is CC/C=C\C/C=C\C/C=C\C/C=C\C/C=C\C/C=C\CCC(=O)OCC(COP(=O)(O)OCC(O)COP(=O)(O)OCC(COC(=O)CCCCCCCC/C=C\C/C=C\C/C=C\C/C=C\CC)OC(=O)CCCCCCCCCCCCCCC)OC(=O)CCCCCCCCCCCCC. The second-order valence-corrected chi connectivity index (χ2v) is 29.2. The normalized spacial score (nSPS) is 14.5. The minimum Gasteiger partial charge on any atom is -0.462 e. The summed E-state index contributed by atoms with van der Waals surface area (Å²) in [5.41, 5.74) is 0. The van der Waals surface area contributed by atoms with E-state index < -0.39 is 97.5 Å². The van der Waals surface area contributed by atoms with E-state index >= 15 is 0 Å². The van der Waals surface area contributed by atoms with Gasteiger partial charge in [0.05, 0.1) is 26.4 Å². The average Bonchev–Trinajstić information content (AvgIpc) is 0.928. The molecule has 102 heavy (non-hydrogen) atoms. The molecule has 0 saturated heterocycles. The maximum atomic E-state index is 13.1. The van der Waals surface area contributed by atoms with Crippen LogP contribution in [0.4, 0.5) is 0 Å². The molecule has 0 amide bonds. The predicted molar refractivity (Wildman–Crippen MR) is 418 cm³/mol. The van der Waals surface area contributed by atoms with Crippen LogP contribution in [0.2, 0.25) is 0 Å². The molecule has 0 saturated carbocycles.